The molecule has 0 N–H and O–H groups in total. The lowest BCUT2D eigenvalue weighted by atomic mass is 9.98. The van der Waals surface area contributed by atoms with Crippen molar-refractivity contribution in [3.63, 3.8) is 0 Å². The number of carbonyl (C=O) groups excluding carboxylic acids is 1. The van der Waals surface area contributed by atoms with Gasteiger partial charge < -0.3 is 9.47 Å². The zero-order valence-electron chi connectivity index (χ0n) is 13.3. The van der Waals surface area contributed by atoms with Crippen LogP contribution in [0.25, 0.3) is 0 Å². The number of thiazole rings is 1. The van der Waals surface area contributed by atoms with Gasteiger partial charge in [0.05, 0.1) is 17.0 Å². The lowest BCUT2D eigenvalue weighted by molar-refractivity contribution is -0.135. The Morgan fingerprint density at radius 1 is 1.45 bits per heavy atom. The monoisotopic (exact) mass is 318 g/mol. The van der Waals surface area contributed by atoms with Crippen LogP contribution < -0.4 is 0 Å². The first-order valence-corrected chi connectivity index (χ1v) is 8.58. The quantitative estimate of drug-likeness (QED) is 0.874. The van der Waals surface area contributed by atoms with Gasteiger partial charge in [0.25, 0.3) is 0 Å². The Labute approximate surface area is 135 Å². The van der Waals surface area contributed by atoms with Crippen molar-refractivity contribution in [1.29, 1.82) is 0 Å². The van der Waals surface area contributed by atoms with Crippen LogP contribution in [0.4, 0.5) is 0 Å². The number of imidazole rings is 1. The summed E-state index contributed by atoms with van der Waals surface area (Å²) in [5, 5.41) is 1.18. The summed E-state index contributed by atoms with van der Waals surface area (Å²) in [6.45, 7) is 7.73. The van der Waals surface area contributed by atoms with Crippen molar-refractivity contribution in [3.05, 3.63) is 34.3 Å². The van der Waals surface area contributed by atoms with Crippen LogP contribution in [0.2, 0.25) is 0 Å². The number of hydrogen-bond acceptors (Lipinski definition) is 4. The van der Waals surface area contributed by atoms with Crippen molar-refractivity contribution in [2.24, 2.45) is 0 Å². The van der Waals surface area contributed by atoms with Crippen LogP contribution in [0.15, 0.2) is 18.7 Å². The summed E-state index contributed by atoms with van der Waals surface area (Å²) in [6, 6.07) is -0.194. The van der Waals surface area contributed by atoms with Crippen molar-refractivity contribution in [2.75, 3.05) is 13.1 Å². The van der Waals surface area contributed by atoms with E-state index < -0.39 is 0 Å². The molecule has 3 heterocycles. The molecule has 3 rings (SSSR count). The van der Waals surface area contributed by atoms with Crippen molar-refractivity contribution < 1.29 is 4.79 Å². The van der Waals surface area contributed by atoms with Crippen molar-refractivity contribution in [2.45, 2.75) is 45.6 Å². The van der Waals surface area contributed by atoms with Crippen LogP contribution in [-0.2, 0) is 4.79 Å². The topological polar surface area (TPSA) is 51.0 Å². The Balaban J connectivity index is 1.71. The molecule has 1 amide bonds. The van der Waals surface area contributed by atoms with E-state index >= 15 is 0 Å². The molecule has 5 nitrogen and oxygen atoms in total. The Hall–Kier alpha value is -1.69. The predicted octanol–water partition coefficient (Wildman–Crippen LogP) is 2.92. The van der Waals surface area contributed by atoms with E-state index in [4.69, 9.17) is 0 Å². The van der Waals surface area contributed by atoms with Crippen LogP contribution in [0, 0.1) is 13.8 Å². The fourth-order valence-corrected chi connectivity index (χ4v) is 3.99. The maximum atomic E-state index is 12.7. The van der Waals surface area contributed by atoms with Crippen LogP contribution >= 0.6 is 11.3 Å². The highest BCUT2D eigenvalue weighted by atomic mass is 32.1. The first kappa shape index (κ1) is 15.2. The third-order valence-corrected chi connectivity index (χ3v) is 5.69. The fraction of sp³-hybridized carbons (Fsp3) is 0.562. The minimum absolute atomic E-state index is 0.174. The number of hydrogen-bond donors (Lipinski definition) is 0. The van der Waals surface area contributed by atoms with Gasteiger partial charge in [-0.3, -0.25) is 4.79 Å². The van der Waals surface area contributed by atoms with Gasteiger partial charge in [0.1, 0.15) is 6.04 Å². The molecule has 0 bridgehead atoms. The van der Waals surface area contributed by atoms with Gasteiger partial charge >= 0.3 is 0 Å². The van der Waals surface area contributed by atoms with Crippen molar-refractivity contribution in [3.8, 4) is 0 Å². The number of amides is 1. The normalized spacial score (nSPS) is 20.1. The van der Waals surface area contributed by atoms with E-state index in [0.717, 1.165) is 31.6 Å². The molecule has 22 heavy (non-hydrogen) atoms. The van der Waals surface area contributed by atoms with Gasteiger partial charge in [0.2, 0.25) is 5.91 Å². The van der Waals surface area contributed by atoms with Gasteiger partial charge in [-0.2, -0.15) is 0 Å². The Kier molecular flexibility index (Phi) is 4.29. The fourth-order valence-electron chi connectivity index (χ4n) is 2.94. The van der Waals surface area contributed by atoms with Crippen molar-refractivity contribution in [1.82, 2.24) is 19.4 Å². The highest BCUT2D eigenvalue weighted by Crippen LogP contribution is 2.32. The van der Waals surface area contributed by atoms with E-state index in [1.807, 2.05) is 22.6 Å². The second-order valence-electron chi connectivity index (χ2n) is 6.00. The van der Waals surface area contributed by atoms with Gasteiger partial charge in [-0.15, -0.1) is 11.3 Å². The van der Waals surface area contributed by atoms with Gasteiger partial charge in [-0.25, -0.2) is 9.97 Å². The number of likely N-dealkylation sites (tertiary alicyclic amines) is 1. The number of rotatable bonds is 3. The molecule has 0 radical (unpaired) electrons. The molecule has 118 valence electrons. The molecule has 1 fully saturated rings. The first-order chi connectivity index (χ1) is 10.6. The summed E-state index contributed by atoms with van der Waals surface area (Å²) in [6.07, 6.45) is 7.43. The van der Waals surface area contributed by atoms with Gasteiger partial charge in [0.15, 0.2) is 0 Å². The minimum atomic E-state index is -0.194. The lowest BCUT2D eigenvalue weighted by Crippen LogP contribution is -2.42. The smallest absolute Gasteiger partial charge is 0.245 e. The van der Waals surface area contributed by atoms with E-state index in [-0.39, 0.29) is 11.9 Å². The molecule has 2 atom stereocenters. The second-order valence-corrected chi connectivity index (χ2v) is 7.24. The zero-order valence-corrected chi connectivity index (χ0v) is 14.1. The standard InChI is InChI=1S/C16H22N4OS/c1-11-13(3)22-15(18-11)14-5-4-7-19(9-14)16(21)12(2)20-8-6-17-10-20/h6,8,10,12,14H,4-5,7,9H2,1-3H3/t12-,14+/m0/s1. The molecule has 1 aliphatic heterocycles. The summed E-state index contributed by atoms with van der Waals surface area (Å²) >= 11 is 1.78. The summed E-state index contributed by atoms with van der Waals surface area (Å²) in [4.78, 5) is 24.7. The third-order valence-electron chi connectivity index (χ3n) is 4.46. The second kappa shape index (κ2) is 6.20. The van der Waals surface area contributed by atoms with E-state index in [0.29, 0.717) is 5.92 Å². The molecule has 2 aromatic heterocycles. The SMILES string of the molecule is Cc1nc([C@@H]2CCCN(C(=O)[C@H](C)n3ccnc3)C2)sc1C. The van der Waals surface area contributed by atoms with E-state index in [1.54, 1.807) is 23.9 Å². The largest absolute Gasteiger partial charge is 0.340 e. The van der Waals surface area contributed by atoms with Crippen LogP contribution in [0.1, 0.15) is 47.3 Å². The number of nitrogens with zero attached hydrogens (tertiary/aromatic N) is 4. The third kappa shape index (κ3) is 2.92. The molecular formula is C16H22N4OS. The average Bonchev–Trinajstić information content (AvgIpc) is 3.17. The molecule has 0 aromatic carbocycles. The highest BCUT2D eigenvalue weighted by molar-refractivity contribution is 7.11. The average molecular weight is 318 g/mol. The Morgan fingerprint density at radius 2 is 2.27 bits per heavy atom. The Bertz CT molecular complexity index is 630. The minimum Gasteiger partial charge on any atom is -0.340 e. The molecule has 1 aliphatic rings. The van der Waals surface area contributed by atoms with Gasteiger partial charge in [-0.1, -0.05) is 0 Å². The number of aryl methyl sites for hydroxylation is 2. The molecular weight excluding hydrogens is 296 g/mol. The first-order valence-electron chi connectivity index (χ1n) is 7.76. The summed E-state index contributed by atoms with van der Waals surface area (Å²) in [5.41, 5.74) is 1.12. The maximum Gasteiger partial charge on any atom is 0.245 e. The lowest BCUT2D eigenvalue weighted by Gasteiger charge is -2.33. The van der Waals surface area contributed by atoms with Crippen LogP contribution in [-0.4, -0.2) is 38.4 Å². The molecule has 1 saturated heterocycles. The zero-order chi connectivity index (χ0) is 15.7. The van der Waals surface area contributed by atoms with Crippen molar-refractivity contribution >= 4 is 17.2 Å². The van der Waals surface area contributed by atoms with Gasteiger partial charge in [-0.05, 0) is 33.6 Å². The summed E-state index contributed by atoms with van der Waals surface area (Å²) < 4.78 is 1.86. The number of piperidine rings is 1. The summed E-state index contributed by atoms with van der Waals surface area (Å²) in [5.74, 6) is 0.554. The molecule has 6 heteroatoms. The molecule has 0 saturated carbocycles. The maximum absolute atomic E-state index is 12.7. The van der Waals surface area contributed by atoms with Crippen LogP contribution in [0.5, 0.6) is 0 Å². The molecule has 0 aliphatic carbocycles. The number of carbonyl (C=O) groups is 1. The Morgan fingerprint density at radius 3 is 2.91 bits per heavy atom. The molecule has 0 unspecified atom stereocenters. The van der Waals surface area contributed by atoms with Crippen LogP contribution in [0.3, 0.4) is 0 Å². The van der Waals surface area contributed by atoms with Gasteiger partial charge in [0, 0.05) is 36.3 Å². The molecule has 2 aromatic rings. The number of aromatic nitrogens is 3. The highest BCUT2D eigenvalue weighted by Gasteiger charge is 2.29. The van der Waals surface area contributed by atoms with E-state index in [9.17, 15) is 4.79 Å². The summed E-state index contributed by atoms with van der Waals surface area (Å²) in [7, 11) is 0. The molecule has 0 spiro atoms. The predicted molar refractivity (Wildman–Crippen MR) is 87.1 cm³/mol. The van der Waals surface area contributed by atoms with E-state index in [2.05, 4.69) is 23.8 Å². The van der Waals surface area contributed by atoms with E-state index in [1.165, 1.54) is 9.88 Å².